The topological polar surface area (TPSA) is 99.5 Å². The van der Waals surface area contributed by atoms with E-state index in [0.29, 0.717) is 30.6 Å². The minimum atomic E-state index is 0.0661. The number of nitrogens with one attached hydrogen (secondary N) is 2. The molecule has 0 amide bonds. The molecular weight excluding hydrogens is 272 g/mol. The van der Waals surface area contributed by atoms with E-state index in [4.69, 9.17) is 9.84 Å². The molecule has 7 nitrogen and oxygen atoms in total. The van der Waals surface area contributed by atoms with E-state index in [1.165, 1.54) is 7.11 Å². The SMILES string of the molecule is COc1cc(CNCCO)nc(Nc2cccc(O)c2)n1. The van der Waals surface area contributed by atoms with Crippen LogP contribution in [0.25, 0.3) is 0 Å². The molecule has 2 aromatic rings. The molecule has 7 heteroatoms. The molecule has 112 valence electrons. The summed E-state index contributed by atoms with van der Waals surface area (Å²) < 4.78 is 5.15. The van der Waals surface area contributed by atoms with Crippen molar-refractivity contribution in [3.05, 3.63) is 36.0 Å². The van der Waals surface area contributed by atoms with Gasteiger partial charge in [-0.25, -0.2) is 4.98 Å². The Kier molecular flexibility index (Phi) is 5.30. The molecule has 0 aliphatic carbocycles. The summed E-state index contributed by atoms with van der Waals surface area (Å²) in [6.07, 6.45) is 0. The summed E-state index contributed by atoms with van der Waals surface area (Å²) in [5.41, 5.74) is 1.41. The van der Waals surface area contributed by atoms with Crippen LogP contribution < -0.4 is 15.4 Å². The Morgan fingerprint density at radius 2 is 2.10 bits per heavy atom. The van der Waals surface area contributed by atoms with Gasteiger partial charge in [-0.05, 0) is 12.1 Å². The third kappa shape index (κ3) is 4.59. The number of phenolic OH excluding ortho intramolecular Hbond substituents is 1. The first-order chi connectivity index (χ1) is 10.2. The number of aromatic nitrogens is 2. The van der Waals surface area contributed by atoms with Crippen LogP contribution in [0.5, 0.6) is 11.6 Å². The van der Waals surface area contributed by atoms with Crippen LogP contribution in [0, 0.1) is 0 Å². The van der Waals surface area contributed by atoms with Crippen molar-refractivity contribution in [3.8, 4) is 11.6 Å². The highest BCUT2D eigenvalue weighted by Crippen LogP contribution is 2.20. The maximum atomic E-state index is 9.45. The van der Waals surface area contributed by atoms with E-state index in [2.05, 4.69) is 20.6 Å². The van der Waals surface area contributed by atoms with E-state index in [1.807, 2.05) is 0 Å². The molecule has 0 spiro atoms. The molecule has 0 aliphatic heterocycles. The van der Waals surface area contributed by atoms with Crippen LogP contribution in [0.15, 0.2) is 30.3 Å². The van der Waals surface area contributed by atoms with E-state index >= 15 is 0 Å². The van der Waals surface area contributed by atoms with Crippen LogP contribution in [-0.4, -0.2) is 40.4 Å². The number of ether oxygens (including phenoxy) is 1. The van der Waals surface area contributed by atoms with Gasteiger partial charge in [-0.2, -0.15) is 4.98 Å². The molecule has 4 N–H and O–H groups in total. The fourth-order valence-corrected chi connectivity index (χ4v) is 1.73. The number of nitrogens with zero attached hydrogens (tertiary/aromatic N) is 2. The van der Waals surface area contributed by atoms with Crippen LogP contribution in [0.2, 0.25) is 0 Å². The van der Waals surface area contributed by atoms with Gasteiger partial charge in [-0.1, -0.05) is 6.07 Å². The first kappa shape index (κ1) is 15.0. The molecule has 0 radical (unpaired) electrons. The quantitative estimate of drug-likeness (QED) is 0.565. The Hall–Kier alpha value is -2.38. The van der Waals surface area contributed by atoms with Crippen molar-refractivity contribution < 1.29 is 14.9 Å². The lowest BCUT2D eigenvalue weighted by atomic mass is 10.3. The lowest BCUT2D eigenvalue weighted by Gasteiger charge is -2.09. The summed E-state index contributed by atoms with van der Waals surface area (Å²) in [4.78, 5) is 8.55. The zero-order chi connectivity index (χ0) is 15.1. The Morgan fingerprint density at radius 1 is 1.24 bits per heavy atom. The smallest absolute Gasteiger partial charge is 0.230 e. The van der Waals surface area contributed by atoms with Crippen LogP contribution in [0.4, 0.5) is 11.6 Å². The summed E-state index contributed by atoms with van der Waals surface area (Å²) in [7, 11) is 1.53. The average molecular weight is 290 g/mol. The molecule has 0 fully saturated rings. The number of anilines is 2. The lowest BCUT2D eigenvalue weighted by Crippen LogP contribution is -2.18. The molecule has 0 atom stereocenters. The molecule has 21 heavy (non-hydrogen) atoms. The van der Waals surface area contributed by atoms with E-state index < -0.39 is 0 Å². The van der Waals surface area contributed by atoms with E-state index in [9.17, 15) is 5.11 Å². The highest BCUT2D eigenvalue weighted by molar-refractivity contribution is 5.56. The fourth-order valence-electron chi connectivity index (χ4n) is 1.73. The number of aliphatic hydroxyl groups is 1. The summed E-state index contributed by atoms with van der Waals surface area (Å²) in [6.45, 7) is 1.05. The van der Waals surface area contributed by atoms with Gasteiger partial charge >= 0.3 is 0 Å². The molecule has 0 saturated heterocycles. The number of rotatable bonds is 7. The highest BCUT2D eigenvalue weighted by atomic mass is 16.5. The molecule has 0 bridgehead atoms. The van der Waals surface area contributed by atoms with Gasteiger partial charge < -0.3 is 25.6 Å². The van der Waals surface area contributed by atoms with Crippen molar-refractivity contribution >= 4 is 11.6 Å². The van der Waals surface area contributed by atoms with E-state index in [1.54, 1.807) is 30.3 Å². The second-order valence-corrected chi connectivity index (χ2v) is 4.30. The number of aliphatic hydroxyl groups excluding tert-OH is 1. The van der Waals surface area contributed by atoms with Crippen molar-refractivity contribution in [3.63, 3.8) is 0 Å². The van der Waals surface area contributed by atoms with Crippen molar-refractivity contribution in [1.82, 2.24) is 15.3 Å². The van der Waals surface area contributed by atoms with Gasteiger partial charge in [0, 0.05) is 30.9 Å². The average Bonchev–Trinajstić information content (AvgIpc) is 2.47. The second kappa shape index (κ2) is 7.41. The first-order valence-corrected chi connectivity index (χ1v) is 6.51. The zero-order valence-corrected chi connectivity index (χ0v) is 11.7. The predicted octanol–water partition coefficient (Wildman–Crippen LogP) is 1.02. The van der Waals surface area contributed by atoms with Crippen LogP contribution in [-0.2, 0) is 6.54 Å². The second-order valence-electron chi connectivity index (χ2n) is 4.30. The molecular formula is C14H18N4O3. The Balaban J connectivity index is 2.15. The van der Waals surface area contributed by atoms with E-state index in [0.717, 1.165) is 5.69 Å². The van der Waals surface area contributed by atoms with Crippen LogP contribution in [0.3, 0.4) is 0 Å². The summed E-state index contributed by atoms with van der Waals surface area (Å²) >= 11 is 0. The van der Waals surface area contributed by atoms with Crippen molar-refractivity contribution in [2.75, 3.05) is 25.6 Å². The number of aromatic hydroxyl groups is 1. The molecule has 1 aromatic heterocycles. The van der Waals surface area contributed by atoms with Crippen LogP contribution in [0.1, 0.15) is 5.69 Å². The predicted molar refractivity (Wildman–Crippen MR) is 78.8 cm³/mol. The molecule has 2 rings (SSSR count). The summed E-state index contributed by atoms with van der Waals surface area (Å²) in [5, 5.41) is 24.3. The standard InChI is InChI=1S/C14H18N4O3/c1-21-13-8-11(9-15-5-6-19)17-14(18-13)16-10-3-2-4-12(20)7-10/h2-4,7-8,15,19-20H,5-6,9H2,1H3,(H,16,17,18). The lowest BCUT2D eigenvalue weighted by molar-refractivity contribution is 0.291. The Morgan fingerprint density at radius 3 is 2.81 bits per heavy atom. The van der Waals surface area contributed by atoms with Gasteiger partial charge in [0.25, 0.3) is 0 Å². The number of methoxy groups -OCH3 is 1. The van der Waals surface area contributed by atoms with E-state index in [-0.39, 0.29) is 12.4 Å². The molecule has 1 heterocycles. The maximum absolute atomic E-state index is 9.45. The number of hydrogen-bond acceptors (Lipinski definition) is 7. The summed E-state index contributed by atoms with van der Waals surface area (Å²) in [6, 6.07) is 8.40. The minimum Gasteiger partial charge on any atom is -0.508 e. The van der Waals surface area contributed by atoms with Gasteiger partial charge in [0.05, 0.1) is 19.4 Å². The van der Waals surface area contributed by atoms with Gasteiger partial charge in [-0.15, -0.1) is 0 Å². The number of benzene rings is 1. The minimum absolute atomic E-state index is 0.0661. The Bertz CT molecular complexity index is 592. The van der Waals surface area contributed by atoms with Gasteiger partial charge in [0.2, 0.25) is 11.8 Å². The van der Waals surface area contributed by atoms with Gasteiger partial charge in [0.15, 0.2) is 0 Å². The molecule has 1 aromatic carbocycles. The molecule has 0 unspecified atom stereocenters. The number of phenols is 1. The third-order valence-electron chi connectivity index (χ3n) is 2.66. The first-order valence-electron chi connectivity index (χ1n) is 6.51. The van der Waals surface area contributed by atoms with Crippen molar-refractivity contribution in [2.24, 2.45) is 0 Å². The highest BCUT2D eigenvalue weighted by Gasteiger charge is 2.06. The number of hydrogen-bond donors (Lipinski definition) is 4. The fraction of sp³-hybridized carbons (Fsp3) is 0.286. The van der Waals surface area contributed by atoms with Crippen molar-refractivity contribution in [1.29, 1.82) is 0 Å². The third-order valence-corrected chi connectivity index (χ3v) is 2.66. The van der Waals surface area contributed by atoms with Crippen LogP contribution >= 0.6 is 0 Å². The summed E-state index contributed by atoms with van der Waals surface area (Å²) in [5.74, 6) is 0.974. The maximum Gasteiger partial charge on any atom is 0.230 e. The molecule has 0 aliphatic rings. The largest absolute Gasteiger partial charge is 0.508 e. The molecule has 0 saturated carbocycles. The normalized spacial score (nSPS) is 10.4. The van der Waals surface area contributed by atoms with Crippen molar-refractivity contribution in [2.45, 2.75) is 6.54 Å². The van der Waals surface area contributed by atoms with Gasteiger partial charge in [-0.3, -0.25) is 0 Å². The monoisotopic (exact) mass is 290 g/mol. The van der Waals surface area contributed by atoms with Gasteiger partial charge in [0.1, 0.15) is 5.75 Å². The Labute approximate surface area is 122 Å². The zero-order valence-electron chi connectivity index (χ0n) is 11.7.